The summed E-state index contributed by atoms with van der Waals surface area (Å²) in [5, 5.41) is 2.18. The molecule has 3 nitrogen and oxygen atoms in total. The number of nitrogens with two attached hydrogens (primary N) is 1. The third kappa shape index (κ3) is 3.83. The lowest BCUT2D eigenvalue weighted by Crippen LogP contribution is -2.39. The van der Waals surface area contributed by atoms with Gasteiger partial charge in [0.25, 0.3) is 5.91 Å². The lowest BCUT2D eigenvalue weighted by molar-refractivity contribution is 0.0741. The maximum atomic E-state index is 12.5. The number of benzene rings is 2. The van der Waals surface area contributed by atoms with E-state index in [0.717, 1.165) is 15.2 Å². The molecule has 0 saturated carbocycles. The van der Waals surface area contributed by atoms with Gasteiger partial charge < -0.3 is 10.6 Å². The number of carbonyl (C=O) groups is 1. The molecule has 1 amide bonds. The van der Waals surface area contributed by atoms with Crippen LogP contribution in [0.2, 0.25) is 0 Å². The van der Waals surface area contributed by atoms with Crippen molar-refractivity contribution in [3.63, 3.8) is 0 Å². The fraction of sp³-hybridized carbons (Fsp3) is 0.353. The van der Waals surface area contributed by atoms with Crippen LogP contribution in [0.15, 0.2) is 40.9 Å². The number of halogens is 1. The van der Waals surface area contributed by atoms with Crippen molar-refractivity contribution >= 4 is 32.6 Å². The third-order valence-electron chi connectivity index (χ3n) is 3.61. The summed E-state index contributed by atoms with van der Waals surface area (Å²) in [6.45, 7) is 5.32. The van der Waals surface area contributed by atoms with Crippen molar-refractivity contribution < 1.29 is 4.79 Å². The molecule has 0 aliphatic heterocycles. The van der Waals surface area contributed by atoms with Crippen molar-refractivity contribution in [2.24, 2.45) is 11.1 Å². The van der Waals surface area contributed by atoms with Crippen molar-refractivity contribution in [1.82, 2.24) is 4.90 Å². The van der Waals surface area contributed by atoms with Gasteiger partial charge in [-0.15, -0.1) is 0 Å². The molecule has 2 aromatic carbocycles. The van der Waals surface area contributed by atoms with E-state index in [0.29, 0.717) is 18.7 Å². The van der Waals surface area contributed by atoms with E-state index in [4.69, 9.17) is 5.73 Å². The minimum atomic E-state index is -0.0773. The van der Waals surface area contributed by atoms with Crippen LogP contribution in [0.5, 0.6) is 0 Å². The lowest BCUT2D eigenvalue weighted by Gasteiger charge is -2.29. The second kappa shape index (κ2) is 6.16. The Bertz CT molecular complexity index is 667. The predicted octanol–water partition coefficient (Wildman–Crippen LogP) is 3.66. The molecule has 0 saturated heterocycles. The Hall–Kier alpha value is -1.39. The van der Waals surface area contributed by atoms with Crippen LogP contribution in [-0.2, 0) is 0 Å². The van der Waals surface area contributed by atoms with Crippen LogP contribution in [0, 0.1) is 5.41 Å². The Morgan fingerprint density at radius 3 is 2.48 bits per heavy atom. The molecule has 0 fully saturated rings. The summed E-state index contributed by atoms with van der Waals surface area (Å²) in [6.07, 6.45) is 0. The van der Waals surface area contributed by atoms with Gasteiger partial charge in [-0.1, -0.05) is 41.9 Å². The molecule has 0 heterocycles. The Morgan fingerprint density at radius 1 is 1.19 bits per heavy atom. The van der Waals surface area contributed by atoms with Gasteiger partial charge in [0.1, 0.15) is 0 Å². The molecule has 0 spiro atoms. The smallest absolute Gasteiger partial charge is 0.253 e. The molecule has 112 valence electrons. The lowest BCUT2D eigenvalue weighted by atomic mass is 9.93. The average Bonchev–Trinajstić information content (AvgIpc) is 2.45. The van der Waals surface area contributed by atoms with Crippen LogP contribution < -0.4 is 5.73 Å². The minimum absolute atomic E-state index is 0.0290. The fourth-order valence-electron chi connectivity index (χ4n) is 2.35. The molecule has 0 aliphatic carbocycles. The first-order valence-corrected chi connectivity index (χ1v) is 7.76. The molecule has 4 heteroatoms. The number of rotatable bonds is 4. The van der Waals surface area contributed by atoms with Gasteiger partial charge in [-0.3, -0.25) is 4.79 Å². The second-order valence-corrected chi connectivity index (χ2v) is 7.15. The van der Waals surface area contributed by atoms with Crippen LogP contribution in [0.25, 0.3) is 10.8 Å². The van der Waals surface area contributed by atoms with Gasteiger partial charge in [0, 0.05) is 23.6 Å². The van der Waals surface area contributed by atoms with Crippen LogP contribution >= 0.6 is 15.9 Å². The summed E-state index contributed by atoms with van der Waals surface area (Å²) >= 11 is 3.46. The molecule has 0 aliphatic rings. The van der Waals surface area contributed by atoms with Gasteiger partial charge >= 0.3 is 0 Å². The molecular formula is C17H21BrN2O. The van der Waals surface area contributed by atoms with Crippen LogP contribution in [0.4, 0.5) is 0 Å². The maximum absolute atomic E-state index is 12.5. The summed E-state index contributed by atoms with van der Waals surface area (Å²) in [5.74, 6) is 0.0290. The van der Waals surface area contributed by atoms with E-state index in [-0.39, 0.29) is 11.3 Å². The molecule has 2 N–H and O–H groups in total. The first-order valence-electron chi connectivity index (χ1n) is 6.97. The number of carbonyl (C=O) groups excluding carboxylic acids is 1. The van der Waals surface area contributed by atoms with Crippen LogP contribution in [-0.4, -0.2) is 30.9 Å². The summed E-state index contributed by atoms with van der Waals surface area (Å²) < 4.78 is 1.04. The molecule has 0 aromatic heterocycles. The standard InChI is InChI=1S/C17H21BrN2O/c1-17(2,10-19)11-20(3)16(21)14-5-4-13-9-15(18)7-6-12(13)8-14/h4-9H,10-11,19H2,1-3H3. The highest BCUT2D eigenvalue weighted by molar-refractivity contribution is 9.10. The zero-order valence-electron chi connectivity index (χ0n) is 12.7. The van der Waals surface area contributed by atoms with Crippen molar-refractivity contribution in [2.45, 2.75) is 13.8 Å². The maximum Gasteiger partial charge on any atom is 0.253 e. The van der Waals surface area contributed by atoms with Gasteiger partial charge in [-0.2, -0.15) is 0 Å². The van der Waals surface area contributed by atoms with Crippen LogP contribution in [0.1, 0.15) is 24.2 Å². The number of nitrogens with zero attached hydrogens (tertiary/aromatic N) is 1. The number of fused-ring (bicyclic) bond motifs is 1. The van der Waals surface area contributed by atoms with E-state index in [1.807, 2.05) is 43.4 Å². The molecule has 21 heavy (non-hydrogen) atoms. The fourth-order valence-corrected chi connectivity index (χ4v) is 2.73. The van der Waals surface area contributed by atoms with Gasteiger partial charge in [0.15, 0.2) is 0 Å². The molecule has 0 radical (unpaired) electrons. The van der Waals surface area contributed by atoms with E-state index in [1.165, 1.54) is 0 Å². The number of amides is 1. The summed E-state index contributed by atoms with van der Waals surface area (Å²) in [4.78, 5) is 14.3. The van der Waals surface area contributed by atoms with E-state index < -0.39 is 0 Å². The Labute approximate surface area is 134 Å². The zero-order chi connectivity index (χ0) is 15.6. The Kier molecular flexibility index (Phi) is 4.69. The zero-order valence-corrected chi connectivity index (χ0v) is 14.3. The molecule has 0 unspecified atom stereocenters. The van der Waals surface area contributed by atoms with Crippen molar-refractivity contribution in [3.8, 4) is 0 Å². The Morgan fingerprint density at radius 2 is 1.81 bits per heavy atom. The van der Waals surface area contributed by atoms with Gasteiger partial charge in [0.2, 0.25) is 0 Å². The highest BCUT2D eigenvalue weighted by atomic mass is 79.9. The second-order valence-electron chi connectivity index (χ2n) is 6.24. The summed E-state index contributed by atoms with van der Waals surface area (Å²) in [5.41, 5.74) is 6.37. The SMILES string of the molecule is CN(CC(C)(C)CN)C(=O)c1ccc2cc(Br)ccc2c1. The van der Waals surface area contributed by atoms with Gasteiger partial charge in [-0.05, 0) is 47.0 Å². The first kappa shape index (κ1) is 16.0. The normalized spacial score (nSPS) is 11.7. The highest BCUT2D eigenvalue weighted by Gasteiger charge is 2.22. The number of hydrogen-bond acceptors (Lipinski definition) is 2. The van der Waals surface area contributed by atoms with E-state index in [1.54, 1.807) is 4.90 Å². The molecule has 0 bridgehead atoms. The van der Waals surface area contributed by atoms with Crippen LogP contribution in [0.3, 0.4) is 0 Å². The number of hydrogen-bond donors (Lipinski definition) is 1. The topological polar surface area (TPSA) is 46.3 Å². The summed E-state index contributed by atoms with van der Waals surface area (Å²) in [7, 11) is 1.82. The highest BCUT2D eigenvalue weighted by Crippen LogP contribution is 2.22. The van der Waals surface area contributed by atoms with E-state index in [2.05, 4.69) is 29.8 Å². The van der Waals surface area contributed by atoms with Gasteiger partial charge in [-0.25, -0.2) is 0 Å². The monoisotopic (exact) mass is 348 g/mol. The quantitative estimate of drug-likeness (QED) is 0.916. The average molecular weight is 349 g/mol. The van der Waals surface area contributed by atoms with Crippen molar-refractivity contribution in [3.05, 3.63) is 46.4 Å². The van der Waals surface area contributed by atoms with Crippen molar-refractivity contribution in [2.75, 3.05) is 20.1 Å². The molecule has 2 aromatic rings. The minimum Gasteiger partial charge on any atom is -0.341 e. The predicted molar refractivity (Wildman–Crippen MR) is 91.4 cm³/mol. The molecular weight excluding hydrogens is 328 g/mol. The van der Waals surface area contributed by atoms with E-state index >= 15 is 0 Å². The van der Waals surface area contributed by atoms with E-state index in [9.17, 15) is 4.79 Å². The van der Waals surface area contributed by atoms with Gasteiger partial charge in [0.05, 0.1) is 0 Å². The molecule has 0 atom stereocenters. The largest absolute Gasteiger partial charge is 0.341 e. The Balaban J connectivity index is 2.25. The molecule has 2 rings (SSSR count). The van der Waals surface area contributed by atoms with Crippen molar-refractivity contribution in [1.29, 1.82) is 0 Å². The first-order chi connectivity index (χ1) is 9.82. The third-order valence-corrected chi connectivity index (χ3v) is 4.11. The summed E-state index contributed by atoms with van der Waals surface area (Å²) in [6, 6.07) is 11.8.